The van der Waals surface area contributed by atoms with Gasteiger partial charge in [0.25, 0.3) is 11.5 Å². The summed E-state index contributed by atoms with van der Waals surface area (Å²) >= 11 is 15.8. The molecule has 0 aliphatic carbocycles. The minimum absolute atomic E-state index is 0.0751. The fraction of sp³-hybridized carbons (Fsp3) is 0.250. The van der Waals surface area contributed by atoms with Crippen LogP contribution >= 0.6 is 39.1 Å². The van der Waals surface area contributed by atoms with E-state index < -0.39 is 11.5 Å². The smallest absolute Gasteiger partial charge is 0.269 e. The van der Waals surface area contributed by atoms with Crippen LogP contribution in [0.15, 0.2) is 38.6 Å². The Kier molecular flexibility index (Phi) is 8.56. The van der Waals surface area contributed by atoms with Crippen molar-refractivity contribution in [1.82, 2.24) is 14.6 Å². The number of hydrogen-bond acceptors (Lipinski definition) is 5. The van der Waals surface area contributed by atoms with Crippen LogP contribution in [0.2, 0.25) is 10.0 Å². The summed E-state index contributed by atoms with van der Waals surface area (Å²) in [5.74, 6) is -0.517. The van der Waals surface area contributed by atoms with Crippen LogP contribution in [-0.2, 0) is 22.7 Å². The number of hydrazone groups is 1. The number of nitrogens with zero attached hydrogens (tertiary/aromatic N) is 4. The minimum Gasteiger partial charge on any atom is -0.380 e. The van der Waals surface area contributed by atoms with E-state index in [9.17, 15) is 14.9 Å². The van der Waals surface area contributed by atoms with E-state index in [2.05, 4.69) is 26.5 Å². The molecule has 0 bridgehead atoms. The van der Waals surface area contributed by atoms with Crippen LogP contribution < -0.4 is 11.0 Å². The Morgan fingerprint density at radius 2 is 1.97 bits per heavy atom. The van der Waals surface area contributed by atoms with E-state index in [0.717, 1.165) is 22.6 Å². The molecule has 0 saturated heterocycles. The molecule has 2 aromatic heterocycles. The number of pyridine rings is 1. The topological polar surface area (TPSA) is 101 Å². The van der Waals surface area contributed by atoms with Gasteiger partial charge < -0.3 is 13.9 Å². The molecule has 0 aliphatic rings. The SMILES string of the molecule is COCc1c(Br)c(C)n(CC(=O)N/N=C/c2cc(C)n(-c3ccc(Cl)cc3Cl)c2C)c(=O)c1C#N. The molecule has 0 unspecified atom stereocenters. The Morgan fingerprint density at radius 1 is 1.26 bits per heavy atom. The highest BCUT2D eigenvalue weighted by Gasteiger charge is 2.19. The first kappa shape index (κ1) is 26.7. The second kappa shape index (κ2) is 11.2. The van der Waals surface area contributed by atoms with Gasteiger partial charge in [-0.25, -0.2) is 5.43 Å². The number of methoxy groups -OCH3 is 1. The molecule has 182 valence electrons. The fourth-order valence-electron chi connectivity index (χ4n) is 3.75. The highest BCUT2D eigenvalue weighted by atomic mass is 79.9. The molecule has 0 atom stereocenters. The molecule has 0 saturated carbocycles. The summed E-state index contributed by atoms with van der Waals surface area (Å²) in [5, 5.41) is 14.6. The van der Waals surface area contributed by atoms with Gasteiger partial charge in [-0.05, 0) is 61.0 Å². The van der Waals surface area contributed by atoms with E-state index in [1.165, 1.54) is 17.9 Å². The van der Waals surface area contributed by atoms with Gasteiger partial charge in [-0.2, -0.15) is 10.4 Å². The van der Waals surface area contributed by atoms with E-state index >= 15 is 0 Å². The zero-order valence-corrected chi connectivity index (χ0v) is 22.5. The third-order valence-corrected chi connectivity index (χ3v) is 7.05. The Bertz CT molecular complexity index is 1440. The summed E-state index contributed by atoms with van der Waals surface area (Å²) < 4.78 is 8.82. The van der Waals surface area contributed by atoms with E-state index in [0.29, 0.717) is 25.8 Å². The number of aryl methyl sites for hydroxylation is 1. The van der Waals surface area contributed by atoms with Crippen molar-refractivity contribution in [2.24, 2.45) is 5.10 Å². The molecule has 1 N–H and O–H groups in total. The molecule has 0 aliphatic heterocycles. The van der Waals surface area contributed by atoms with Gasteiger partial charge in [0.1, 0.15) is 18.2 Å². The number of halogens is 3. The number of nitriles is 1. The lowest BCUT2D eigenvalue weighted by molar-refractivity contribution is -0.121. The molecule has 0 radical (unpaired) electrons. The first-order valence-corrected chi connectivity index (χ1v) is 11.9. The van der Waals surface area contributed by atoms with Crippen molar-refractivity contribution in [3.63, 3.8) is 0 Å². The van der Waals surface area contributed by atoms with Crippen molar-refractivity contribution in [2.45, 2.75) is 33.9 Å². The van der Waals surface area contributed by atoms with E-state index in [1.54, 1.807) is 19.1 Å². The molecule has 0 spiro atoms. The number of nitrogens with one attached hydrogen (secondary N) is 1. The Morgan fingerprint density at radius 3 is 2.60 bits per heavy atom. The van der Waals surface area contributed by atoms with Crippen molar-refractivity contribution in [1.29, 1.82) is 5.26 Å². The van der Waals surface area contributed by atoms with Crippen LogP contribution in [0.4, 0.5) is 0 Å². The minimum atomic E-state index is -0.567. The van der Waals surface area contributed by atoms with Crippen LogP contribution in [0, 0.1) is 32.1 Å². The number of ether oxygens (including phenoxy) is 1. The van der Waals surface area contributed by atoms with Crippen LogP contribution in [-0.4, -0.2) is 28.4 Å². The Hall–Kier alpha value is -2.90. The first-order valence-electron chi connectivity index (χ1n) is 10.4. The predicted molar refractivity (Wildman–Crippen MR) is 140 cm³/mol. The zero-order chi connectivity index (χ0) is 25.9. The van der Waals surface area contributed by atoms with Crippen LogP contribution in [0.5, 0.6) is 0 Å². The number of carbonyl (C=O) groups is 1. The lowest BCUT2D eigenvalue weighted by atomic mass is 10.1. The van der Waals surface area contributed by atoms with E-state index in [4.69, 9.17) is 27.9 Å². The average molecular weight is 579 g/mol. The summed E-state index contributed by atoms with van der Waals surface area (Å²) in [7, 11) is 1.47. The highest BCUT2D eigenvalue weighted by Crippen LogP contribution is 2.28. The van der Waals surface area contributed by atoms with Gasteiger partial charge in [-0.3, -0.25) is 9.59 Å². The monoisotopic (exact) mass is 577 g/mol. The molecule has 0 fully saturated rings. The summed E-state index contributed by atoms with van der Waals surface area (Å²) in [4.78, 5) is 25.3. The molecular weight excluding hydrogens is 557 g/mol. The predicted octanol–water partition coefficient (Wildman–Crippen LogP) is 4.80. The first-order chi connectivity index (χ1) is 16.6. The van der Waals surface area contributed by atoms with Crippen molar-refractivity contribution >= 4 is 51.3 Å². The molecule has 2 heterocycles. The maximum atomic E-state index is 12.8. The molecule has 1 aromatic carbocycles. The number of aromatic nitrogens is 2. The number of hydrogen-bond donors (Lipinski definition) is 1. The number of rotatable bonds is 7. The van der Waals surface area contributed by atoms with Crippen LogP contribution in [0.3, 0.4) is 0 Å². The third-order valence-electron chi connectivity index (χ3n) is 5.46. The average Bonchev–Trinajstić information content (AvgIpc) is 3.08. The summed E-state index contributed by atoms with van der Waals surface area (Å²) in [5.41, 5.74) is 6.10. The largest absolute Gasteiger partial charge is 0.380 e. The maximum absolute atomic E-state index is 12.8. The number of benzene rings is 1. The van der Waals surface area contributed by atoms with Gasteiger partial charge in [0, 0.05) is 44.8 Å². The van der Waals surface area contributed by atoms with Crippen LogP contribution in [0.25, 0.3) is 5.69 Å². The fourth-order valence-corrected chi connectivity index (χ4v) is 4.77. The standard InChI is InChI=1S/C24H22BrCl2N5O3/c1-13-7-16(14(2)32(13)21-6-5-17(26)8-20(21)27)10-29-30-22(33)11-31-15(3)23(25)19(12-35-4)18(9-28)24(31)34/h5-8,10H,11-12H2,1-4H3,(H,30,33)/b29-10+. The Balaban J connectivity index is 1.81. The lowest BCUT2D eigenvalue weighted by Gasteiger charge is -2.15. The normalized spacial score (nSPS) is 11.1. The summed E-state index contributed by atoms with van der Waals surface area (Å²) in [6.45, 7) is 5.31. The zero-order valence-electron chi connectivity index (χ0n) is 19.4. The van der Waals surface area contributed by atoms with Gasteiger partial charge in [-0.1, -0.05) is 23.2 Å². The van der Waals surface area contributed by atoms with Crippen LogP contribution in [0.1, 0.15) is 33.8 Å². The van der Waals surface area contributed by atoms with Gasteiger partial charge in [-0.15, -0.1) is 0 Å². The van der Waals surface area contributed by atoms with Gasteiger partial charge in [0.05, 0.1) is 23.5 Å². The molecule has 1 amide bonds. The second-order valence-corrected chi connectivity index (χ2v) is 9.38. The van der Waals surface area contributed by atoms with Crippen molar-refractivity contribution < 1.29 is 9.53 Å². The van der Waals surface area contributed by atoms with Crippen molar-refractivity contribution in [2.75, 3.05) is 7.11 Å². The molecule has 35 heavy (non-hydrogen) atoms. The second-order valence-electron chi connectivity index (χ2n) is 7.74. The molecular formula is C24H22BrCl2N5O3. The van der Waals surface area contributed by atoms with Crippen molar-refractivity contribution in [3.8, 4) is 11.8 Å². The maximum Gasteiger partial charge on any atom is 0.269 e. The molecule has 3 aromatic rings. The summed E-state index contributed by atoms with van der Waals surface area (Å²) in [6.07, 6.45) is 1.52. The Labute approximate surface area is 220 Å². The number of carbonyl (C=O) groups excluding carboxylic acids is 1. The molecule has 11 heteroatoms. The highest BCUT2D eigenvalue weighted by molar-refractivity contribution is 9.10. The molecule has 3 rings (SSSR count). The van der Waals surface area contributed by atoms with Crippen molar-refractivity contribution in [3.05, 3.63) is 82.9 Å². The lowest BCUT2D eigenvalue weighted by Crippen LogP contribution is -2.33. The van der Waals surface area contributed by atoms with Gasteiger partial charge in [0.15, 0.2) is 0 Å². The number of amides is 1. The van der Waals surface area contributed by atoms with Gasteiger partial charge >= 0.3 is 0 Å². The van der Waals surface area contributed by atoms with Gasteiger partial charge in [0.2, 0.25) is 0 Å². The summed E-state index contributed by atoms with van der Waals surface area (Å²) in [6, 6.07) is 9.09. The quantitative estimate of drug-likeness (QED) is 0.321. The van der Waals surface area contributed by atoms with E-state index in [-0.39, 0.29) is 18.7 Å². The molecule has 8 nitrogen and oxygen atoms in total. The third kappa shape index (κ3) is 5.52. The van der Waals surface area contributed by atoms with E-state index in [1.807, 2.05) is 36.6 Å².